The van der Waals surface area contributed by atoms with Crippen molar-refractivity contribution >= 4 is 17.3 Å². The number of nitriles is 1. The number of nitrogens with one attached hydrogen (secondary N) is 1. The second-order valence-electron chi connectivity index (χ2n) is 4.69. The van der Waals surface area contributed by atoms with Crippen LogP contribution in [0.2, 0.25) is 0 Å². The molecule has 5 heteroatoms. The van der Waals surface area contributed by atoms with Crippen LogP contribution in [0, 0.1) is 17.1 Å². The molecule has 0 fully saturated rings. The Labute approximate surface area is 122 Å². The van der Waals surface area contributed by atoms with Crippen molar-refractivity contribution in [2.45, 2.75) is 12.8 Å². The smallest absolute Gasteiger partial charge is 0.231 e. The number of halogens is 1. The highest BCUT2D eigenvalue weighted by Gasteiger charge is 2.16. The van der Waals surface area contributed by atoms with Crippen molar-refractivity contribution < 1.29 is 9.18 Å². The molecule has 0 aliphatic rings. The lowest BCUT2D eigenvalue weighted by atomic mass is 9.99. The van der Waals surface area contributed by atoms with Gasteiger partial charge < -0.3 is 11.1 Å². The van der Waals surface area contributed by atoms with E-state index < -0.39 is 11.7 Å². The van der Waals surface area contributed by atoms with E-state index in [9.17, 15) is 9.18 Å². The van der Waals surface area contributed by atoms with Crippen LogP contribution in [0.15, 0.2) is 42.5 Å². The molecule has 0 aliphatic carbocycles. The zero-order valence-electron chi connectivity index (χ0n) is 11.4. The van der Waals surface area contributed by atoms with Crippen molar-refractivity contribution in [1.29, 1.82) is 5.26 Å². The molecule has 0 spiro atoms. The third-order valence-corrected chi connectivity index (χ3v) is 3.16. The van der Waals surface area contributed by atoms with Crippen molar-refractivity contribution in [3.05, 3.63) is 59.4 Å². The highest BCUT2D eigenvalue weighted by Crippen LogP contribution is 2.21. The molecule has 0 saturated carbocycles. The normalized spacial score (nSPS) is 11.5. The Morgan fingerprint density at radius 3 is 2.76 bits per heavy atom. The molecule has 1 unspecified atom stereocenters. The van der Waals surface area contributed by atoms with Crippen LogP contribution in [0.3, 0.4) is 0 Å². The predicted molar refractivity (Wildman–Crippen MR) is 79.0 cm³/mol. The van der Waals surface area contributed by atoms with E-state index in [4.69, 9.17) is 11.0 Å². The first kappa shape index (κ1) is 14.5. The topological polar surface area (TPSA) is 78.9 Å². The third-order valence-electron chi connectivity index (χ3n) is 3.16. The lowest BCUT2D eigenvalue weighted by molar-refractivity contribution is -0.117. The molecule has 4 nitrogen and oxygen atoms in total. The molecule has 106 valence electrons. The highest BCUT2D eigenvalue weighted by atomic mass is 19.1. The lowest BCUT2D eigenvalue weighted by Crippen LogP contribution is -2.19. The molecular weight excluding hydrogens is 269 g/mol. The van der Waals surface area contributed by atoms with Crippen LogP contribution in [-0.4, -0.2) is 5.91 Å². The van der Waals surface area contributed by atoms with E-state index in [1.165, 1.54) is 12.1 Å². The van der Waals surface area contributed by atoms with Gasteiger partial charge in [0.2, 0.25) is 5.91 Å². The molecule has 0 bridgehead atoms. The van der Waals surface area contributed by atoms with E-state index in [2.05, 4.69) is 5.32 Å². The highest BCUT2D eigenvalue weighted by molar-refractivity contribution is 5.95. The van der Waals surface area contributed by atoms with Crippen LogP contribution in [0.25, 0.3) is 0 Å². The molecule has 2 rings (SSSR count). The van der Waals surface area contributed by atoms with Crippen molar-refractivity contribution in [2.75, 3.05) is 11.1 Å². The zero-order chi connectivity index (χ0) is 15.4. The van der Waals surface area contributed by atoms with Gasteiger partial charge >= 0.3 is 0 Å². The lowest BCUT2D eigenvalue weighted by Gasteiger charge is -2.13. The van der Waals surface area contributed by atoms with Gasteiger partial charge in [-0.1, -0.05) is 12.1 Å². The van der Waals surface area contributed by atoms with Crippen LogP contribution >= 0.6 is 0 Å². The van der Waals surface area contributed by atoms with Crippen molar-refractivity contribution in [2.24, 2.45) is 0 Å². The largest absolute Gasteiger partial charge is 0.399 e. The number of nitrogens with two attached hydrogens (primary N) is 1. The number of hydrogen-bond acceptors (Lipinski definition) is 3. The van der Waals surface area contributed by atoms with Gasteiger partial charge in [0.1, 0.15) is 11.9 Å². The predicted octanol–water partition coefficient (Wildman–Crippen LogP) is 3.02. The average molecular weight is 283 g/mol. The molecule has 0 aromatic heterocycles. The number of nitrogens with zero attached hydrogens (tertiary/aromatic N) is 1. The number of rotatable bonds is 3. The first-order valence-electron chi connectivity index (χ1n) is 6.37. The summed E-state index contributed by atoms with van der Waals surface area (Å²) < 4.78 is 13.2. The summed E-state index contributed by atoms with van der Waals surface area (Å²) in [6, 6.07) is 12.7. The molecule has 2 aromatic rings. The second kappa shape index (κ2) is 6.06. The number of carbonyl (C=O) groups is 1. The van der Waals surface area contributed by atoms with Gasteiger partial charge in [0.25, 0.3) is 0 Å². The number of benzene rings is 2. The number of amides is 1. The summed E-state index contributed by atoms with van der Waals surface area (Å²) in [4.78, 5) is 12.2. The van der Waals surface area contributed by atoms with Gasteiger partial charge in [0.15, 0.2) is 0 Å². The minimum absolute atomic E-state index is 0.107. The maximum atomic E-state index is 13.2. The van der Waals surface area contributed by atoms with Crippen LogP contribution in [0.1, 0.15) is 24.0 Å². The molecule has 3 N–H and O–H groups in total. The fourth-order valence-electron chi connectivity index (χ4n) is 1.92. The summed E-state index contributed by atoms with van der Waals surface area (Å²) >= 11 is 0. The second-order valence-corrected chi connectivity index (χ2v) is 4.69. The molecule has 1 atom stereocenters. The third kappa shape index (κ3) is 3.37. The van der Waals surface area contributed by atoms with Crippen LogP contribution in [-0.2, 0) is 4.79 Å². The van der Waals surface area contributed by atoms with Gasteiger partial charge in [0.05, 0.1) is 11.5 Å². The Bertz CT molecular complexity index is 722. The summed E-state index contributed by atoms with van der Waals surface area (Å²) in [6.07, 6.45) is 0. The molecule has 1 amide bonds. The SMILES string of the molecule is CC(C(=O)Nc1ccc(F)c(C#N)c1)c1cccc(N)c1. The first-order valence-corrected chi connectivity index (χ1v) is 6.37. The number of nitrogen functional groups attached to an aromatic ring is 1. The number of carbonyl (C=O) groups excluding carboxylic acids is 1. The molecule has 0 heterocycles. The van der Waals surface area contributed by atoms with Gasteiger partial charge in [-0.3, -0.25) is 4.79 Å². The summed E-state index contributed by atoms with van der Waals surface area (Å²) in [5.41, 5.74) is 7.34. The molecule has 0 saturated heterocycles. The van der Waals surface area contributed by atoms with E-state index in [-0.39, 0.29) is 11.5 Å². The van der Waals surface area contributed by atoms with E-state index >= 15 is 0 Å². The van der Waals surface area contributed by atoms with Gasteiger partial charge in [0, 0.05) is 11.4 Å². The standard InChI is InChI=1S/C16H14FN3O/c1-10(11-3-2-4-13(19)7-11)16(21)20-14-5-6-15(17)12(8-14)9-18/h2-8,10H,19H2,1H3,(H,20,21). The van der Waals surface area contributed by atoms with Crippen LogP contribution in [0.5, 0.6) is 0 Å². The van der Waals surface area contributed by atoms with Crippen molar-refractivity contribution in [3.8, 4) is 6.07 Å². The van der Waals surface area contributed by atoms with E-state index in [1.807, 2.05) is 6.07 Å². The van der Waals surface area contributed by atoms with Crippen molar-refractivity contribution in [1.82, 2.24) is 0 Å². The van der Waals surface area contributed by atoms with Gasteiger partial charge in [-0.2, -0.15) is 5.26 Å². The van der Waals surface area contributed by atoms with Crippen LogP contribution < -0.4 is 11.1 Å². The fourth-order valence-corrected chi connectivity index (χ4v) is 1.92. The average Bonchev–Trinajstić information content (AvgIpc) is 2.48. The molecular formula is C16H14FN3O. The monoisotopic (exact) mass is 283 g/mol. The maximum absolute atomic E-state index is 13.2. The van der Waals surface area contributed by atoms with E-state index in [0.29, 0.717) is 11.4 Å². The van der Waals surface area contributed by atoms with Crippen molar-refractivity contribution in [3.63, 3.8) is 0 Å². The Morgan fingerprint density at radius 1 is 1.33 bits per heavy atom. The summed E-state index contributed by atoms with van der Waals surface area (Å²) in [5.74, 6) is -1.28. The Kier molecular flexibility index (Phi) is 4.19. The first-order chi connectivity index (χ1) is 10.0. The quantitative estimate of drug-likeness (QED) is 0.850. The van der Waals surface area contributed by atoms with E-state index in [0.717, 1.165) is 11.6 Å². The Hall–Kier alpha value is -2.87. The van der Waals surface area contributed by atoms with Gasteiger partial charge in [-0.15, -0.1) is 0 Å². The number of anilines is 2. The summed E-state index contributed by atoms with van der Waals surface area (Å²) in [6.45, 7) is 1.75. The summed E-state index contributed by atoms with van der Waals surface area (Å²) in [5, 5.41) is 11.4. The molecule has 0 radical (unpaired) electrons. The number of hydrogen-bond donors (Lipinski definition) is 2. The Balaban J connectivity index is 2.16. The van der Waals surface area contributed by atoms with Gasteiger partial charge in [-0.05, 0) is 42.8 Å². The Morgan fingerprint density at radius 2 is 2.10 bits per heavy atom. The zero-order valence-corrected chi connectivity index (χ0v) is 11.4. The van der Waals surface area contributed by atoms with Crippen LogP contribution in [0.4, 0.5) is 15.8 Å². The minimum Gasteiger partial charge on any atom is -0.399 e. The molecule has 2 aromatic carbocycles. The van der Waals surface area contributed by atoms with Gasteiger partial charge in [-0.25, -0.2) is 4.39 Å². The maximum Gasteiger partial charge on any atom is 0.231 e. The fraction of sp³-hybridized carbons (Fsp3) is 0.125. The summed E-state index contributed by atoms with van der Waals surface area (Å²) in [7, 11) is 0. The van der Waals surface area contributed by atoms with E-state index in [1.54, 1.807) is 31.2 Å². The minimum atomic E-state index is -0.612. The molecule has 21 heavy (non-hydrogen) atoms. The molecule has 0 aliphatic heterocycles.